The number of rotatable bonds is 2. The van der Waals surface area contributed by atoms with Gasteiger partial charge in [0.2, 0.25) is 5.91 Å². The molecule has 2 N–H and O–H groups in total. The van der Waals surface area contributed by atoms with Crippen LogP contribution in [0.5, 0.6) is 0 Å². The molecule has 0 spiro atoms. The maximum atomic E-state index is 12.1. The molecule has 0 unspecified atom stereocenters. The van der Waals surface area contributed by atoms with Crippen LogP contribution in [-0.2, 0) is 9.53 Å². The summed E-state index contributed by atoms with van der Waals surface area (Å²) >= 11 is 0. The fraction of sp³-hybridized carbons (Fsp3) is 0.529. The van der Waals surface area contributed by atoms with E-state index >= 15 is 0 Å². The van der Waals surface area contributed by atoms with Gasteiger partial charge in [0.05, 0.1) is 0 Å². The lowest BCUT2D eigenvalue weighted by atomic mass is 9.83. The Morgan fingerprint density at radius 2 is 1.91 bits per heavy atom. The van der Waals surface area contributed by atoms with Crippen LogP contribution >= 0.6 is 0 Å². The lowest BCUT2D eigenvalue weighted by Gasteiger charge is -2.35. The molecule has 1 aliphatic rings. The normalized spacial score (nSPS) is 25.3. The molecule has 0 aliphatic carbocycles. The largest absolute Gasteiger partial charge is 0.444 e. The Hall–Kier alpha value is -2.04. The number of carbonyl (C=O) groups is 2. The van der Waals surface area contributed by atoms with Crippen LogP contribution in [0.4, 0.5) is 4.79 Å². The smallest absolute Gasteiger partial charge is 0.408 e. The second-order valence-electron chi connectivity index (χ2n) is 6.75. The standard InChI is InChI=1S/C17H24N2O3/c1-11-13(12-8-6-5-7-9-12)10-14(15(20)18-11)19-16(21)22-17(2,3)4/h5-9,11,13-14H,10H2,1-4H3,(H,18,20)(H,19,21)/t11-,13-,14-/m1/s1. The highest BCUT2D eigenvalue weighted by Gasteiger charge is 2.35. The molecule has 1 fully saturated rings. The van der Waals surface area contributed by atoms with E-state index in [-0.39, 0.29) is 17.9 Å². The second kappa shape index (κ2) is 6.38. The van der Waals surface area contributed by atoms with Gasteiger partial charge in [0.1, 0.15) is 11.6 Å². The van der Waals surface area contributed by atoms with E-state index in [0.717, 1.165) is 5.56 Å². The Kier molecular flexibility index (Phi) is 4.74. The number of hydrogen-bond acceptors (Lipinski definition) is 3. The summed E-state index contributed by atoms with van der Waals surface area (Å²) in [7, 11) is 0. The summed E-state index contributed by atoms with van der Waals surface area (Å²) in [4.78, 5) is 24.0. The first-order valence-electron chi connectivity index (χ1n) is 7.61. The second-order valence-corrected chi connectivity index (χ2v) is 6.75. The molecule has 5 heteroatoms. The molecule has 120 valence electrons. The van der Waals surface area contributed by atoms with Gasteiger partial charge >= 0.3 is 6.09 Å². The highest BCUT2D eigenvalue weighted by Crippen LogP contribution is 2.28. The molecular weight excluding hydrogens is 280 g/mol. The maximum Gasteiger partial charge on any atom is 0.408 e. The van der Waals surface area contributed by atoms with Gasteiger partial charge in [-0.1, -0.05) is 30.3 Å². The number of nitrogens with one attached hydrogen (secondary N) is 2. The van der Waals surface area contributed by atoms with Crippen LogP contribution in [0.2, 0.25) is 0 Å². The zero-order valence-corrected chi connectivity index (χ0v) is 13.6. The van der Waals surface area contributed by atoms with E-state index in [9.17, 15) is 9.59 Å². The minimum Gasteiger partial charge on any atom is -0.444 e. The molecule has 1 aromatic carbocycles. The first-order chi connectivity index (χ1) is 10.3. The van der Waals surface area contributed by atoms with Crippen molar-refractivity contribution in [1.29, 1.82) is 0 Å². The molecule has 2 amide bonds. The van der Waals surface area contributed by atoms with Crippen LogP contribution in [0.1, 0.15) is 45.6 Å². The van der Waals surface area contributed by atoms with Gasteiger partial charge in [-0.2, -0.15) is 0 Å². The molecular formula is C17H24N2O3. The van der Waals surface area contributed by atoms with Crippen molar-refractivity contribution >= 4 is 12.0 Å². The average Bonchev–Trinajstić information content (AvgIpc) is 2.41. The van der Waals surface area contributed by atoms with Gasteiger partial charge in [-0.3, -0.25) is 4.79 Å². The quantitative estimate of drug-likeness (QED) is 0.882. The third-order valence-corrected chi connectivity index (χ3v) is 3.70. The van der Waals surface area contributed by atoms with Gasteiger partial charge in [-0.15, -0.1) is 0 Å². The molecule has 0 aromatic heterocycles. The predicted molar refractivity (Wildman–Crippen MR) is 84.6 cm³/mol. The molecule has 0 saturated carbocycles. The van der Waals surface area contributed by atoms with Crippen molar-refractivity contribution in [3.63, 3.8) is 0 Å². The number of amides is 2. The Morgan fingerprint density at radius 1 is 1.27 bits per heavy atom. The van der Waals surface area contributed by atoms with E-state index in [1.165, 1.54) is 0 Å². The van der Waals surface area contributed by atoms with E-state index in [1.807, 2.05) is 37.3 Å². The van der Waals surface area contributed by atoms with E-state index in [2.05, 4.69) is 10.6 Å². The number of carbonyl (C=O) groups excluding carboxylic acids is 2. The fourth-order valence-electron chi connectivity index (χ4n) is 2.69. The highest BCUT2D eigenvalue weighted by molar-refractivity contribution is 5.86. The van der Waals surface area contributed by atoms with E-state index in [0.29, 0.717) is 6.42 Å². The van der Waals surface area contributed by atoms with Crippen LogP contribution in [0.3, 0.4) is 0 Å². The lowest BCUT2D eigenvalue weighted by Crippen LogP contribution is -2.56. The number of ether oxygens (including phenoxy) is 1. The molecule has 22 heavy (non-hydrogen) atoms. The average molecular weight is 304 g/mol. The number of hydrogen-bond donors (Lipinski definition) is 2. The third-order valence-electron chi connectivity index (χ3n) is 3.70. The van der Waals surface area contributed by atoms with Crippen LogP contribution in [0.15, 0.2) is 30.3 Å². The molecule has 0 bridgehead atoms. The summed E-state index contributed by atoms with van der Waals surface area (Å²) < 4.78 is 5.23. The van der Waals surface area contributed by atoms with E-state index < -0.39 is 17.7 Å². The molecule has 5 nitrogen and oxygen atoms in total. The maximum absolute atomic E-state index is 12.1. The Labute approximate surface area is 131 Å². The summed E-state index contributed by atoms with van der Waals surface area (Å²) in [5.74, 6) is 0.00405. The van der Waals surface area contributed by atoms with Gasteiger partial charge in [0.25, 0.3) is 0 Å². The predicted octanol–water partition coefficient (Wildman–Crippen LogP) is 2.57. The number of piperidine rings is 1. The van der Waals surface area contributed by atoms with Gasteiger partial charge in [-0.05, 0) is 39.7 Å². The van der Waals surface area contributed by atoms with Crippen LogP contribution in [0, 0.1) is 0 Å². The van der Waals surface area contributed by atoms with Crippen molar-refractivity contribution in [2.45, 2.75) is 57.7 Å². The summed E-state index contributed by atoms with van der Waals surface area (Å²) in [6.07, 6.45) is 0.00463. The van der Waals surface area contributed by atoms with Crippen molar-refractivity contribution in [3.8, 4) is 0 Å². The van der Waals surface area contributed by atoms with Crippen LogP contribution in [0.25, 0.3) is 0 Å². The lowest BCUT2D eigenvalue weighted by molar-refractivity contribution is -0.126. The van der Waals surface area contributed by atoms with Crippen LogP contribution in [-0.4, -0.2) is 29.7 Å². The van der Waals surface area contributed by atoms with E-state index in [4.69, 9.17) is 4.74 Å². The zero-order valence-electron chi connectivity index (χ0n) is 13.6. The Balaban J connectivity index is 2.06. The number of benzene rings is 1. The van der Waals surface area contributed by atoms with Gasteiger partial charge in [0, 0.05) is 12.0 Å². The Bertz CT molecular complexity index is 537. The zero-order chi connectivity index (χ0) is 16.3. The number of alkyl carbamates (subject to hydrolysis) is 1. The third kappa shape index (κ3) is 4.23. The SMILES string of the molecule is C[C@H]1NC(=O)[C@H](NC(=O)OC(C)(C)C)C[C@H]1c1ccccc1. The molecule has 1 saturated heterocycles. The molecule has 1 aliphatic heterocycles. The van der Waals surface area contributed by atoms with Crippen molar-refractivity contribution < 1.29 is 14.3 Å². The Morgan fingerprint density at radius 3 is 2.50 bits per heavy atom. The van der Waals surface area contributed by atoms with Crippen molar-refractivity contribution in [2.75, 3.05) is 0 Å². The first kappa shape index (κ1) is 16.3. The van der Waals surface area contributed by atoms with Gasteiger partial charge < -0.3 is 15.4 Å². The highest BCUT2D eigenvalue weighted by atomic mass is 16.6. The van der Waals surface area contributed by atoms with E-state index in [1.54, 1.807) is 20.8 Å². The van der Waals surface area contributed by atoms with Gasteiger partial charge in [0.15, 0.2) is 0 Å². The van der Waals surface area contributed by atoms with Crippen molar-refractivity contribution in [1.82, 2.24) is 10.6 Å². The first-order valence-corrected chi connectivity index (χ1v) is 7.61. The summed E-state index contributed by atoms with van der Waals surface area (Å²) in [6.45, 7) is 7.37. The fourth-order valence-corrected chi connectivity index (χ4v) is 2.69. The summed E-state index contributed by atoms with van der Waals surface area (Å²) in [5, 5.41) is 5.61. The monoisotopic (exact) mass is 304 g/mol. The minimum atomic E-state index is -0.582. The van der Waals surface area contributed by atoms with Gasteiger partial charge in [-0.25, -0.2) is 4.79 Å². The molecule has 1 heterocycles. The molecule has 3 atom stereocenters. The molecule has 1 aromatic rings. The minimum absolute atomic E-state index is 0.0339. The van der Waals surface area contributed by atoms with Crippen LogP contribution < -0.4 is 10.6 Å². The van der Waals surface area contributed by atoms with Crippen molar-refractivity contribution in [2.24, 2.45) is 0 Å². The molecule has 0 radical (unpaired) electrons. The summed E-state index contributed by atoms with van der Waals surface area (Å²) in [5.41, 5.74) is 0.576. The van der Waals surface area contributed by atoms with Crippen molar-refractivity contribution in [3.05, 3.63) is 35.9 Å². The molecule has 2 rings (SSSR count). The summed E-state index contributed by atoms with van der Waals surface area (Å²) in [6, 6.07) is 9.48. The topological polar surface area (TPSA) is 67.4 Å².